The first-order valence-corrected chi connectivity index (χ1v) is 10.6. The molecule has 0 aliphatic carbocycles. The molecule has 0 spiro atoms. The molecule has 162 valence electrons. The van der Waals surface area contributed by atoms with E-state index in [2.05, 4.69) is 26.0 Å². The Morgan fingerprint density at radius 3 is 2.71 bits per heavy atom. The van der Waals surface area contributed by atoms with Gasteiger partial charge < -0.3 is 15.9 Å². The summed E-state index contributed by atoms with van der Waals surface area (Å²) in [6.07, 6.45) is 0. The van der Waals surface area contributed by atoms with Crippen LogP contribution in [-0.4, -0.2) is 39.4 Å². The number of benzene rings is 2. The molecule has 0 fully saturated rings. The molecule has 3 rings (SSSR count). The Morgan fingerprint density at radius 1 is 1.26 bits per heavy atom. The highest BCUT2D eigenvalue weighted by Crippen LogP contribution is 2.22. The maximum atomic E-state index is 12.3. The molecule has 9 nitrogen and oxygen atoms in total. The fourth-order valence-electron chi connectivity index (χ4n) is 2.53. The molecular weight excluding hydrogens is 438 g/mol. The minimum atomic E-state index is -0.207. The zero-order valence-electron chi connectivity index (χ0n) is 17.2. The van der Waals surface area contributed by atoms with E-state index in [0.717, 1.165) is 34.3 Å². The molecule has 1 amide bonds. The molecule has 0 unspecified atom stereocenters. The van der Waals surface area contributed by atoms with Crippen LogP contribution in [-0.2, 0) is 4.79 Å². The van der Waals surface area contributed by atoms with Gasteiger partial charge in [0.15, 0.2) is 0 Å². The third-order valence-electron chi connectivity index (χ3n) is 4.30. The predicted molar refractivity (Wildman–Crippen MR) is 125 cm³/mol. The van der Waals surface area contributed by atoms with E-state index in [9.17, 15) is 4.79 Å². The number of carbonyl (C=O) groups excluding carboxylic acids is 1. The van der Waals surface area contributed by atoms with Gasteiger partial charge in [0.05, 0.1) is 18.6 Å². The third-order valence-corrected chi connectivity index (χ3v) is 5.48. The molecule has 11 heteroatoms. The van der Waals surface area contributed by atoms with Crippen LogP contribution >= 0.6 is 23.4 Å². The van der Waals surface area contributed by atoms with Gasteiger partial charge in [0.1, 0.15) is 5.75 Å². The van der Waals surface area contributed by atoms with E-state index >= 15 is 0 Å². The first-order valence-electron chi connectivity index (χ1n) is 9.21. The van der Waals surface area contributed by atoms with E-state index in [1.165, 1.54) is 4.68 Å². The molecule has 1 heterocycles. The number of hydrogen-bond donors (Lipinski definition) is 3. The van der Waals surface area contributed by atoms with Crippen LogP contribution in [0.5, 0.6) is 5.75 Å². The van der Waals surface area contributed by atoms with Crippen LogP contribution in [0.4, 0.5) is 11.6 Å². The van der Waals surface area contributed by atoms with E-state index in [-0.39, 0.29) is 17.6 Å². The van der Waals surface area contributed by atoms with Crippen molar-refractivity contribution in [3.05, 3.63) is 58.6 Å². The number of hydrogen-bond acceptors (Lipinski definition) is 8. The van der Waals surface area contributed by atoms with Gasteiger partial charge in [-0.25, -0.2) is 10.1 Å². The molecule has 3 aromatic rings. The molecular formula is C20H22ClN7O2S. The summed E-state index contributed by atoms with van der Waals surface area (Å²) in [6, 6.07) is 12.8. The van der Waals surface area contributed by atoms with Crippen molar-refractivity contribution in [2.24, 2.45) is 5.10 Å². The van der Waals surface area contributed by atoms with Gasteiger partial charge in [-0.15, -0.1) is 10.2 Å². The van der Waals surface area contributed by atoms with Crippen molar-refractivity contribution in [3.63, 3.8) is 0 Å². The number of halogens is 1. The van der Waals surface area contributed by atoms with Crippen molar-refractivity contribution in [3.8, 4) is 5.75 Å². The van der Waals surface area contributed by atoms with Gasteiger partial charge in [-0.05, 0) is 61.4 Å². The van der Waals surface area contributed by atoms with Crippen molar-refractivity contribution in [1.82, 2.24) is 14.9 Å². The van der Waals surface area contributed by atoms with Crippen LogP contribution in [0.3, 0.4) is 0 Å². The van der Waals surface area contributed by atoms with Crippen LogP contribution in [0.2, 0.25) is 5.02 Å². The van der Waals surface area contributed by atoms with E-state index < -0.39 is 0 Å². The second-order valence-corrected chi connectivity index (χ2v) is 7.89. The number of rotatable bonds is 8. The quantitative estimate of drug-likeness (QED) is 0.204. The highest BCUT2D eigenvalue weighted by atomic mass is 35.5. The molecule has 0 aliphatic rings. The average molecular weight is 460 g/mol. The van der Waals surface area contributed by atoms with Gasteiger partial charge in [-0.1, -0.05) is 29.4 Å². The molecule has 0 saturated carbocycles. The summed E-state index contributed by atoms with van der Waals surface area (Å²) < 4.78 is 6.39. The number of thioether (sulfide) groups is 1. The molecule has 31 heavy (non-hydrogen) atoms. The van der Waals surface area contributed by atoms with Gasteiger partial charge in [0.25, 0.3) is 5.95 Å². The van der Waals surface area contributed by atoms with Crippen molar-refractivity contribution >= 4 is 46.6 Å². The third kappa shape index (κ3) is 5.89. The van der Waals surface area contributed by atoms with Gasteiger partial charge in [0, 0.05) is 10.7 Å². The van der Waals surface area contributed by atoms with Gasteiger partial charge in [-0.3, -0.25) is 4.79 Å². The molecule has 0 aliphatic heterocycles. The Bertz CT molecular complexity index is 1100. The number of aryl methyl sites for hydroxylation is 1. The number of aromatic nitrogens is 3. The van der Waals surface area contributed by atoms with Crippen LogP contribution in [0.25, 0.3) is 0 Å². The number of nitrogens with zero attached hydrogens (tertiary/aromatic N) is 4. The standard InChI is InChI=1S/C20H22ClN7O2S/c1-12-4-7-15(21)10-17(12)23-18(29)11-31-20-27-26-19(28(20)22)25-24-13(2)14-5-8-16(30-3)9-6-14/h4-10H,11,22H2,1-3H3,(H,23,29)(H,25,26)/b24-13+. The Hall–Kier alpha value is -3.24. The Labute approximate surface area is 189 Å². The van der Waals surface area contributed by atoms with Crippen molar-refractivity contribution < 1.29 is 9.53 Å². The number of carbonyl (C=O) groups is 1. The molecule has 0 atom stereocenters. The predicted octanol–water partition coefficient (Wildman–Crippen LogP) is 3.53. The number of nitrogens with one attached hydrogen (secondary N) is 2. The van der Waals surface area contributed by atoms with Crippen LogP contribution in [0.15, 0.2) is 52.7 Å². The van der Waals surface area contributed by atoms with E-state index in [1.807, 2.05) is 44.2 Å². The Kier molecular flexibility index (Phi) is 7.37. The minimum Gasteiger partial charge on any atom is -0.497 e. The maximum Gasteiger partial charge on any atom is 0.264 e. The molecule has 0 radical (unpaired) electrons. The molecule has 1 aromatic heterocycles. The largest absolute Gasteiger partial charge is 0.497 e. The molecule has 4 N–H and O–H groups in total. The maximum absolute atomic E-state index is 12.3. The monoisotopic (exact) mass is 459 g/mol. The van der Waals surface area contributed by atoms with Crippen molar-refractivity contribution in [2.45, 2.75) is 19.0 Å². The first kappa shape index (κ1) is 22.4. The molecule has 0 saturated heterocycles. The number of hydrazone groups is 1. The second kappa shape index (κ2) is 10.2. The van der Waals surface area contributed by atoms with Crippen LogP contribution < -0.4 is 21.3 Å². The fourth-order valence-corrected chi connectivity index (χ4v) is 3.36. The number of methoxy groups -OCH3 is 1. The van der Waals surface area contributed by atoms with E-state index in [0.29, 0.717) is 15.9 Å². The highest BCUT2D eigenvalue weighted by Gasteiger charge is 2.13. The number of nitrogen functional groups attached to an aromatic ring is 1. The number of anilines is 2. The lowest BCUT2D eigenvalue weighted by Crippen LogP contribution is -2.17. The summed E-state index contributed by atoms with van der Waals surface area (Å²) >= 11 is 7.14. The fraction of sp³-hybridized carbons (Fsp3) is 0.200. The summed E-state index contributed by atoms with van der Waals surface area (Å²) in [7, 11) is 1.61. The molecule has 2 aromatic carbocycles. The van der Waals surface area contributed by atoms with Crippen LogP contribution in [0, 0.1) is 6.92 Å². The minimum absolute atomic E-state index is 0.107. The number of amides is 1. The zero-order valence-corrected chi connectivity index (χ0v) is 18.8. The van der Waals surface area contributed by atoms with Crippen LogP contribution in [0.1, 0.15) is 18.1 Å². The normalized spacial score (nSPS) is 11.3. The van der Waals surface area contributed by atoms with Crippen molar-refractivity contribution in [1.29, 1.82) is 0 Å². The van der Waals surface area contributed by atoms with E-state index in [1.54, 1.807) is 19.2 Å². The van der Waals surface area contributed by atoms with Gasteiger partial charge in [0.2, 0.25) is 11.1 Å². The zero-order chi connectivity index (χ0) is 22.4. The second-order valence-electron chi connectivity index (χ2n) is 6.51. The summed E-state index contributed by atoms with van der Waals surface area (Å²) in [5.41, 5.74) is 6.02. The summed E-state index contributed by atoms with van der Waals surface area (Å²) in [5, 5.41) is 16.0. The number of nitrogens with two attached hydrogens (primary N) is 1. The summed E-state index contributed by atoms with van der Waals surface area (Å²) in [4.78, 5) is 12.3. The number of ether oxygens (including phenoxy) is 1. The molecule has 0 bridgehead atoms. The SMILES string of the molecule is COc1ccc(/C(C)=N/Nc2nnc(SCC(=O)Nc3cc(Cl)ccc3C)n2N)cc1. The summed E-state index contributed by atoms with van der Waals surface area (Å²) in [5.74, 6) is 6.94. The summed E-state index contributed by atoms with van der Waals surface area (Å²) in [6.45, 7) is 3.74. The Morgan fingerprint density at radius 2 is 2.00 bits per heavy atom. The topological polar surface area (TPSA) is 119 Å². The lowest BCUT2D eigenvalue weighted by Gasteiger charge is -2.08. The van der Waals surface area contributed by atoms with Gasteiger partial charge >= 0.3 is 0 Å². The highest BCUT2D eigenvalue weighted by molar-refractivity contribution is 7.99. The first-order chi connectivity index (χ1) is 14.9. The Balaban J connectivity index is 1.58. The van der Waals surface area contributed by atoms with E-state index in [4.69, 9.17) is 22.2 Å². The lowest BCUT2D eigenvalue weighted by molar-refractivity contribution is -0.113. The lowest BCUT2D eigenvalue weighted by atomic mass is 10.1. The smallest absolute Gasteiger partial charge is 0.264 e. The van der Waals surface area contributed by atoms with Crippen molar-refractivity contribution in [2.75, 3.05) is 29.4 Å². The van der Waals surface area contributed by atoms with Gasteiger partial charge in [-0.2, -0.15) is 5.10 Å². The average Bonchev–Trinajstić information content (AvgIpc) is 3.12.